The first-order chi connectivity index (χ1) is 5.71. The van der Waals surface area contributed by atoms with Crippen molar-refractivity contribution in [1.82, 2.24) is 5.32 Å². The lowest BCUT2D eigenvalue weighted by Gasteiger charge is -2.21. The van der Waals surface area contributed by atoms with Gasteiger partial charge < -0.3 is 5.32 Å². The molecule has 0 saturated heterocycles. The van der Waals surface area contributed by atoms with Crippen molar-refractivity contribution in [3.63, 3.8) is 0 Å². The summed E-state index contributed by atoms with van der Waals surface area (Å²) in [7, 11) is 0. The van der Waals surface area contributed by atoms with Crippen LogP contribution in [0.25, 0.3) is 0 Å². The van der Waals surface area contributed by atoms with Gasteiger partial charge in [-0.25, -0.2) is 0 Å². The van der Waals surface area contributed by atoms with Gasteiger partial charge in [-0.15, -0.1) is 0 Å². The highest BCUT2D eigenvalue weighted by atomic mass is 14.9. The molecule has 0 bridgehead atoms. The van der Waals surface area contributed by atoms with Crippen molar-refractivity contribution in [3.05, 3.63) is 0 Å². The van der Waals surface area contributed by atoms with Crippen LogP contribution >= 0.6 is 0 Å². The van der Waals surface area contributed by atoms with Gasteiger partial charge in [-0.1, -0.05) is 41.5 Å². The van der Waals surface area contributed by atoms with Crippen LogP contribution < -0.4 is 5.32 Å². The molecule has 0 unspecified atom stereocenters. The van der Waals surface area contributed by atoms with Crippen LogP contribution in [0.5, 0.6) is 0 Å². The summed E-state index contributed by atoms with van der Waals surface area (Å²) in [5.41, 5.74) is 0.908. The molecule has 0 rings (SSSR count). The molecule has 0 aromatic heterocycles. The zero-order chi connectivity index (χ0) is 10.5. The molecule has 13 heavy (non-hydrogen) atoms. The van der Waals surface area contributed by atoms with E-state index in [1.54, 1.807) is 0 Å². The molecule has 0 saturated carbocycles. The standard InChI is InChI=1S/C12H27N/c1-11(2,3)8-7-9-13-10-12(4,5)6/h13H,7-10H2,1-6H3. The second-order valence-electron chi connectivity index (χ2n) is 6.40. The highest BCUT2D eigenvalue weighted by Gasteiger charge is 2.10. The van der Waals surface area contributed by atoms with E-state index in [-0.39, 0.29) is 0 Å². The van der Waals surface area contributed by atoms with Crippen molar-refractivity contribution >= 4 is 0 Å². The first-order valence-corrected chi connectivity index (χ1v) is 5.41. The third-order valence-corrected chi connectivity index (χ3v) is 1.94. The molecule has 1 nitrogen and oxygen atoms in total. The highest BCUT2D eigenvalue weighted by molar-refractivity contribution is 4.66. The van der Waals surface area contributed by atoms with Crippen molar-refractivity contribution in [3.8, 4) is 0 Å². The molecule has 0 aromatic carbocycles. The van der Waals surface area contributed by atoms with Gasteiger partial charge in [0.2, 0.25) is 0 Å². The maximum Gasteiger partial charge on any atom is -0.0000125 e. The molecule has 1 N–H and O–H groups in total. The summed E-state index contributed by atoms with van der Waals surface area (Å²) < 4.78 is 0. The first-order valence-electron chi connectivity index (χ1n) is 5.41. The van der Waals surface area contributed by atoms with Gasteiger partial charge >= 0.3 is 0 Å². The Balaban J connectivity index is 3.28. The van der Waals surface area contributed by atoms with Crippen LogP contribution in [-0.2, 0) is 0 Å². The Morgan fingerprint density at radius 1 is 0.846 bits per heavy atom. The average molecular weight is 185 g/mol. The van der Waals surface area contributed by atoms with E-state index in [1.807, 2.05) is 0 Å². The molecule has 80 valence electrons. The fourth-order valence-electron chi connectivity index (χ4n) is 1.21. The molecule has 0 aromatic rings. The molecule has 0 heterocycles. The van der Waals surface area contributed by atoms with E-state index in [0.29, 0.717) is 10.8 Å². The Labute approximate surface area is 84.3 Å². The van der Waals surface area contributed by atoms with Gasteiger partial charge in [0.25, 0.3) is 0 Å². The monoisotopic (exact) mass is 185 g/mol. The number of hydrogen-bond donors (Lipinski definition) is 1. The van der Waals surface area contributed by atoms with E-state index >= 15 is 0 Å². The largest absolute Gasteiger partial charge is 0.316 e. The zero-order valence-electron chi connectivity index (χ0n) is 10.3. The average Bonchev–Trinajstić information content (AvgIpc) is 1.81. The van der Waals surface area contributed by atoms with E-state index in [9.17, 15) is 0 Å². The van der Waals surface area contributed by atoms with Gasteiger partial charge in [0, 0.05) is 0 Å². The Bertz CT molecular complexity index is 109. The maximum absolute atomic E-state index is 3.50. The van der Waals surface area contributed by atoms with Crippen molar-refractivity contribution in [2.45, 2.75) is 54.4 Å². The van der Waals surface area contributed by atoms with Crippen molar-refractivity contribution < 1.29 is 0 Å². The maximum atomic E-state index is 3.50. The summed E-state index contributed by atoms with van der Waals surface area (Å²) in [4.78, 5) is 0. The lowest BCUT2D eigenvalue weighted by atomic mass is 9.90. The molecule has 0 atom stereocenters. The molecule has 1 heteroatoms. The topological polar surface area (TPSA) is 12.0 Å². The Morgan fingerprint density at radius 3 is 1.77 bits per heavy atom. The fourth-order valence-corrected chi connectivity index (χ4v) is 1.21. The first kappa shape index (κ1) is 13.0. The summed E-state index contributed by atoms with van der Waals surface area (Å²) in [6, 6.07) is 0. The molecular weight excluding hydrogens is 158 g/mol. The molecule has 0 spiro atoms. The fraction of sp³-hybridized carbons (Fsp3) is 1.00. The van der Waals surface area contributed by atoms with Gasteiger partial charge in [0.15, 0.2) is 0 Å². The van der Waals surface area contributed by atoms with Gasteiger partial charge in [-0.3, -0.25) is 0 Å². The molecule has 0 fully saturated rings. The minimum Gasteiger partial charge on any atom is -0.316 e. The molecular formula is C12H27N. The summed E-state index contributed by atoms with van der Waals surface area (Å²) in [5.74, 6) is 0. The third kappa shape index (κ3) is 12.0. The van der Waals surface area contributed by atoms with Crippen molar-refractivity contribution in [1.29, 1.82) is 0 Å². The molecule has 0 aliphatic heterocycles. The highest BCUT2D eigenvalue weighted by Crippen LogP contribution is 2.19. The normalized spacial score (nSPS) is 13.4. The SMILES string of the molecule is CC(C)(C)CCCNCC(C)(C)C. The summed E-state index contributed by atoms with van der Waals surface area (Å²) in [6.45, 7) is 16.0. The van der Waals surface area contributed by atoms with Gasteiger partial charge in [0.05, 0.1) is 0 Å². The van der Waals surface area contributed by atoms with Gasteiger partial charge in [-0.2, -0.15) is 0 Å². The molecule has 0 aliphatic carbocycles. The smallest absolute Gasteiger partial charge is 0.0000125 e. The minimum atomic E-state index is 0.418. The second kappa shape index (κ2) is 4.99. The zero-order valence-corrected chi connectivity index (χ0v) is 10.3. The van der Waals surface area contributed by atoms with Crippen molar-refractivity contribution in [2.24, 2.45) is 10.8 Å². The van der Waals surface area contributed by atoms with Crippen LogP contribution in [0.3, 0.4) is 0 Å². The van der Waals surface area contributed by atoms with Crippen LogP contribution in [-0.4, -0.2) is 13.1 Å². The van der Waals surface area contributed by atoms with Gasteiger partial charge in [-0.05, 0) is 36.8 Å². The summed E-state index contributed by atoms with van der Waals surface area (Å²) in [5, 5.41) is 3.50. The van der Waals surface area contributed by atoms with E-state index in [4.69, 9.17) is 0 Å². The quantitative estimate of drug-likeness (QED) is 0.662. The second-order valence-corrected chi connectivity index (χ2v) is 6.40. The van der Waals surface area contributed by atoms with E-state index in [0.717, 1.165) is 13.1 Å². The van der Waals surface area contributed by atoms with Gasteiger partial charge in [0.1, 0.15) is 0 Å². The van der Waals surface area contributed by atoms with E-state index < -0.39 is 0 Å². The minimum absolute atomic E-state index is 0.418. The Morgan fingerprint density at radius 2 is 1.38 bits per heavy atom. The molecule has 0 aliphatic rings. The third-order valence-electron chi connectivity index (χ3n) is 1.94. The lowest BCUT2D eigenvalue weighted by molar-refractivity contribution is 0.341. The molecule has 0 amide bonds. The number of nitrogens with one attached hydrogen (secondary N) is 1. The lowest BCUT2D eigenvalue weighted by Crippen LogP contribution is -2.28. The summed E-state index contributed by atoms with van der Waals surface area (Å²) >= 11 is 0. The van der Waals surface area contributed by atoms with Crippen LogP contribution in [0.15, 0.2) is 0 Å². The Kier molecular flexibility index (Phi) is 4.98. The summed E-state index contributed by atoms with van der Waals surface area (Å²) in [6.07, 6.45) is 2.60. The Hall–Kier alpha value is -0.0400. The van der Waals surface area contributed by atoms with E-state index in [2.05, 4.69) is 46.9 Å². The number of hydrogen-bond acceptors (Lipinski definition) is 1. The van der Waals surface area contributed by atoms with E-state index in [1.165, 1.54) is 12.8 Å². The molecule has 0 radical (unpaired) electrons. The van der Waals surface area contributed by atoms with Crippen LogP contribution in [0.4, 0.5) is 0 Å². The van der Waals surface area contributed by atoms with Crippen LogP contribution in [0, 0.1) is 10.8 Å². The van der Waals surface area contributed by atoms with Crippen LogP contribution in [0.1, 0.15) is 54.4 Å². The number of rotatable bonds is 4. The predicted octanol–water partition coefficient (Wildman–Crippen LogP) is 3.45. The predicted molar refractivity (Wildman–Crippen MR) is 61.0 cm³/mol. The van der Waals surface area contributed by atoms with Crippen molar-refractivity contribution in [2.75, 3.05) is 13.1 Å². The van der Waals surface area contributed by atoms with Crippen LogP contribution in [0.2, 0.25) is 0 Å².